The molecule has 0 aliphatic carbocycles. The van der Waals surface area contributed by atoms with E-state index in [9.17, 15) is 4.39 Å². The number of ether oxygens (including phenoxy) is 2. The third-order valence-electron chi connectivity index (χ3n) is 2.73. The summed E-state index contributed by atoms with van der Waals surface area (Å²) in [4.78, 5) is 0. The molecule has 1 aromatic rings. The Hall–Kier alpha value is -0.970. The normalized spacial score (nSPS) is 23.0. The molecule has 2 atom stereocenters. The summed E-state index contributed by atoms with van der Waals surface area (Å²) in [6, 6.07) is 6.45. The zero-order valence-corrected chi connectivity index (χ0v) is 9.06. The summed E-state index contributed by atoms with van der Waals surface area (Å²) in [6.45, 7) is 1.67. The summed E-state index contributed by atoms with van der Waals surface area (Å²) in [7, 11) is 0. The molecular weight excluding hydrogens is 209 g/mol. The molecule has 0 bridgehead atoms. The van der Waals surface area contributed by atoms with E-state index < -0.39 is 0 Å². The molecule has 0 radical (unpaired) electrons. The van der Waals surface area contributed by atoms with Crippen molar-refractivity contribution >= 4 is 0 Å². The summed E-state index contributed by atoms with van der Waals surface area (Å²) < 4.78 is 24.1. The molecule has 88 valence electrons. The molecule has 4 heteroatoms. The molecule has 0 spiro atoms. The van der Waals surface area contributed by atoms with Crippen LogP contribution < -0.4 is 5.73 Å². The van der Waals surface area contributed by atoms with Crippen LogP contribution in [0.3, 0.4) is 0 Å². The quantitative estimate of drug-likeness (QED) is 0.838. The lowest BCUT2D eigenvalue weighted by molar-refractivity contribution is -0.0968. The van der Waals surface area contributed by atoms with E-state index in [0.717, 1.165) is 0 Å². The van der Waals surface area contributed by atoms with E-state index in [1.165, 1.54) is 6.07 Å². The predicted molar refractivity (Wildman–Crippen MR) is 58.6 cm³/mol. The van der Waals surface area contributed by atoms with Crippen molar-refractivity contribution in [3.8, 4) is 0 Å². The Labute approximate surface area is 94.3 Å². The van der Waals surface area contributed by atoms with Crippen LogP contribution in [0.5, 0.6) is 0 Å². The van der Waals surface area contributed by atoms with Gasteiger partial charge in [0.2, 0.25) is 0 Å². The van der Waals surface area contributed by atoms with Crippen molar-refractivity contribution < 1.29 is 13.9 Å². The zero-order valence-electron chi connectivity index (χ0n) is 9.06. The Kier molecular flexibility index (Phi) is 3.88. The maximum absolute atomic E-state index is 13.4. The Balaban J connectivity index is 1.96. The summed E-state index contributed by atoms with van der Waals surface area (Å²) in [5, 5.41) is 0. The van der Waals surface area contributed by atoms with Gasteiger partial charge in [-0.1, -0.05) is 18.2 Å². The second-order valence-electron chi connectivity index (χ2n) is 3.94. The fourth-order valence-corrected chi connectivity index (χ4v) is 1.80. The van der Waals surface area contributed by atoms with E-state index in [-0.39, 0.29) is 18.0 Å². The van der Waals surface area contributed by atoms with E-state index in [0.29, 0.717) is 31.8 Å². The summed E-state index contributed by atoms with van der Waals surface area (Å²) in [5.74, 6) is -0.213. The molecule has 2 rings (SSSR count). The molecule has 1 fully saturated rings. The first-order chi connectivity index (χ1) is 7.77. The van der Waals surface area contributed by atoms with Crippen LogP contribution in [0.25, 0.3) is 0 Å². The minimum atomic E-state index is -0.225. The number of rotatable bonds is 3. The van der Waals surface area contributed by atoms with Crippen molar-refractivity contribution in [1.82, 2.24) is 0 Å². The molecule has 2 unspecified atom stereocenters. The first kappa shape index (κ1) is 11.5. The van der Waals surface area contributed by atoms with Gasteiger partial charge in [0.1, 0.15) is 5.82 Å². The van der Waals surface area contributed by atoms with Crippen molar-refractivity contribution in [2.75, 3.05) is 19.8 Å². The lowest BCUT2D eigenvalue weighted by Crippen LogP contribution is -2.45. The summed E-state index contributed by atoms with van der Waals surface area (Å²) in [6.07, 6.45) is 0.342. The molecule has 1 aliphatic heterocycles. The maximum Gasteiger partial charge on any atom is 0.126 e. The topological polar surface area (TPSA) is 44.5 Å². The summed E-state index contributed by atoms with van der Waals surface area (Å²) >= 11 is 0. The van der Waals surface area contributed by atoms with Crippen LogP contribution in [0.15, 0.2) is 24.3 Å². The number of hydrogen-bond donors (Lipinski definition) is 1. The number of benzene rings is 1. The lowest BCUT2D eigenvalue weighted by Gasteiger charge is -2.28. The molecule has 1 aromatic carbocycles. The standard InChI is InChI=1S/C12H16FNO2/c13-10-4-2-1-3-9(10)7-11(14)12-8-15-5-6-16-12/h1-4,11-12H,5-8,14H2. The zero-order chi connectivity index (χ0) is 11.4. The van der Waals surface area contributed by atoms with Gasteiger partial charge in [0, 0.05) is 6.04 Å². The molecule has 2 N–H and O–H groups in total. The monoisotopic (exact) mass is 225 g/mol. The van der Waals surface area contributed by atoms with E-state index in [1.54, 1.807) is 12.1 Å². The van der Waals surface area contributed by atoms with E-state index in [2.05, 4.69) is 0 Å². The fraction of sp³-hybridized carbons (Fsp3) is 0.500. The minimum absolute atomic E-state index is 0.131. The average molecular weight is 225 g/mol. The van der Waals surface area contributed by atoms with Gasteiger partial charge in [-0.15, -0.1) is 0 Å². The lowest BCUT2D eigenvalue weighted by atomic mass is 10.0. The Morgan fingerprint density at radius 2 is 2.19 bits per heavy atom. The second kappa shape index (κ2) is 5.39. The van der Waals surface area contributed by atoms with Gasteiger partial charge in [-0.25, -0.2) is 4.39 Å². The van der Waals surface area contributed by atoms with Gasteiger partial charge >= 0.3 is 0 Å². The first-order valence-corrected chi connectivity index (χ1v) is 5.45. The van der Waals surface area contributed by atoms with Crippen molar-refractivity contribution in [2.45, 2.75) is 18.6 Å². The Morgan fingerprint density at radius 1 is 1.38 bits per heavy atom. The minimum Gasteiger partial charge on any atom is -0.376 e. The van der Waals surface area contributed by atoms with Crippen LogP contribution in [0.4, 0.5) is 4.39 Å². The van der Waals surface area contributed by atoms with Crippen LogP contribution in [0, 0.1) is 5.82 Å². The Bertz CT molecular complexity index is 340. The van der Waals surface area contributed by atoms with Gasteiger partial charge in [0.05, 0.1) is 25.9 Å². The number of nitrogens with two attached hydrogens (primary N) is 1. The Morgan fingerprint density at radius 3 is 2.88 bits per heavy atom. The molecule has 1 aliphatic rings. The first-order valence-electron chi connectivity index (χ1n) is 5.45. The van der Waals surface area contributed by atoms with E-state index in [4.69, 9.17) is 15.2 Å². The fourth-order valence-electron chi connectivity index (χ4n) is 1.80. The van der Waals surface area contributed by atoms with E-state index in [1.807, 2.05) is 6.07 Å². The predicted octanol–water partition coefficient (Wildman–Crippen LogP) is 1.11. The molecule has 0 saturated carbocycles. The van der Waals surface area contributed by atoms with Crippen LogP contribution >= 0.6 is 0 Å². The van der Waals surface area contributed by atoms with Crippen LogP contribution in [0.1, 0.15) is 5.56 Å². The van der Waals surface area contributed by atoms with Crippen LogP contribution in [-0.4, -0.2) is 32.0 Å². The molecule has 3 nitrogen and oxygen atoms in total. The highest BCUT2D eigenvalue weighted by Crippen LogP contribution is 2.12. The number of hydrogen-bond acceptors (Lipinski definition) is 3. The molecule has 1 saturated heterocycles. The maximum atomic E-state index is 13.4. The second-order valence-corrected chi connectivity index (χ2v) is 3.94. The van der Waals surface area contributed by atoms with Crippen molar-refractivity contribution in [3.05, 3.63) is 35.6 Å². The molecule has 1 heterocycles. The van der Waals surface area contributed by atoms with Gasteiger partial charge in [-0.05, 0) is 18.1 Å². The van der Waals surface area contributed by atoms with Crippen molar-refractivity contribution in [2.24, 2.45) is 5.73 Å². The molecule has 0 amide bonds. The molecule has 0 aromatic heterocycles. The largest absolute Gasteiger partial charge is 0.376 e. The smallest absolute Gasteiger partial charge is 0.126 e. The van der Waals surface area contributed by atoms with Crippen LogP contribution in [-0.2, 0) is 15.9 Å². The van der Waals surface area contributed by atoms with Crippen LogP contribution in [0.2, 0.25) is 0 Å². The highest BCUT2D eigenvalue weighted by Gasteiger charge is 2.22. The molecular formula is C12H16FNO2. The number of halogens is 1. The average Bonchev–Trinajstić information content (AvgIpc) is 2.33. The van der Waals surface area contributed by atoms with Crippen molar-refractivity contribution in [3.63, 3.8) is 0 Å². The van der Waals surface area contributed by atoms with Gasteiger partial charge in [0.25, 0.3) is 0 Å². The van der Waals surface area contributed by atoms with Gasteiger partial charge < -0.3 is 15.2 Å². The van der Waals surface area contributed by atoms with Gasteiger partial charge in [0.15, 0.2) is 0 Å². The SMILES string of the molecule is NC(Cc1ccccc1F)C1COCCO1. The molecule has 16 heavy (non-hydrogen) atoms. The van der Waals surface area contributed by atoms with Gasteiger partial charge in [-0.2, -0.15) is 0 Å². The third kappa shape index (κ3) is 2.78. The highest BCUT2D eigenvalue weighted by atomic mass is 19.1. The summed E-state index contributed by atoms with van der Waals surface area (Å²) in [5.41, 5.74) is 6.61. The van der Waals surface area contributed by atoms with Gasteiger partial charge in [-0.3, -0.25) is 0 Å². The third-order valence-corrected chi connectivity index (χ3v) is 2.73. The van der Waals surface area contributed by atoms with E-state index >= 15 is 0 Å². The highest BCUT2D eigenvalue weighted by molar-refractivity contribution is 5.18. The van der Waals surface area contributed by atoms with Crippen molar-refractivity contribution in [1.29, 1.82) is 0 Å².